The van der Waals surface area contributed by atoms with E-state index in [4.69, 9.17) is 0 Å². The minimum absolute atomic E-state index is 0.00994. The Morgan fingerprint density at radius 1 is 1.29 bits per heavy atom. The quantitative estimate of drug-likeness (QED) is 0.603. The molecule has 1 saturated carbocycles. The Morgan fingerprint density at radius 2 is 2.03 bits per heavy atom. The monoisotopic (exact) mass is 431 g/mol. The Hall–Kier alpha value is -3.37. The highest BCUT2D eigenvalue weighted by Gasteiger charge is 2.27. The van der Waals surface area contributed by atoms with Crippen LogP contribution in [0.5, 0.6) is 0 Å². The Kier molecular flexibility index (Phi) is 5.66. The van der Waals surface area contributed by atoms with E-state index in [0.29, 0.717) is 37.1 Å². The van der Waals surface area contributed by atoms with Gasteiger partial charge in [-0.2, -0.15) is 10.2 Å². The molecule has 0 radical (unpaired) electrons. The van der Waals surface area contributed by atoms with Crippen molar-refractivity contribution in [3.05, 3.63) is 35.9 Å². The largest absolute Gasteiger partial charge is 0.363 e. The fourth-order valence-electron chi connectivity index (χ4n) is 3.81. The summed E-state index contributed by atoms with van der Waals surface area (Å²) in [5, 5.41) is 10.7. The van der Waals surface area contributed by atoms with Crippen molar-refractivity contribution in [1.29, 1.82) is 0 Å². The summed E-state index contributed by atoms with van der Waals surface area (Å²) in [6, 6.07) is 1.67. The SMILES string of the molecule is CN(C)c1ccn2ncc(C(=O)Nc3cn(C4CCC(C=O)CC4)nc3C(F)F)c2n1. The van der Waals surface area contributed by atoms with Gasteiger partial charge < -0.3 is 15.0 Å². The summed E-state index contributed by atoms with van der Waals surface area (Å²) in [7, 11) is 3.64. The second kappa shape index (κ2) is 8.40. The maximum atomic E-state index is 13.6. The summed E-state index contributed by atoms with van der Waals surface area (Å²) in [6.45, 7) is 0. The highest BCUT2D eigenvalue weighted by atomic mass is 19.3. The van der Waals surface area contributed by atoms with Crippen LogP contribution < -0.4 is 10.2 Å². The van der Waals surface area contributed by atoms with E-state index in [1.54, 1.807) is 17.2 Å². The highest BCUT2D eigenvalue weighted by molar-refractivity contribution is 6.08. The van der Waals surface area contributed by atoms with Crippen LogP contribution in [0.15, 0.2) is 24.7 Å². The molecule has 9 nitrogen and oxygen atoms in total. The molecule has 31 heavy (non-hydrogen) atoms. The van der Waals surface area contributed by atoms with Crippen LogP contribution in [0.1, 0.15) is 54.2 Å². The highest BCUT2D eigenvalue weighted by Crippen LogP contribution is 2.34. The van der Waals surface area contributed by atoms with Gasteiger partial charge in [-0.1, -0.05) is 0 Å². The zero-order valence-electron chi connectivity index (χ0n) is 17.2. The molecule has 1 aliphatic rings. The molecule has 0 aromatic carbocycles. The maximum absolute atomic E-state index is 13.6. The number of halogens is 2. The first kappa shape index (κ1) is 20.9. The third-order valence-corrected chi connectivity index (χ3v) is 5.58. The standard InChI is InChI=1S/C20H23F2N7O2/c1-27(2)16-7-8-28-19(25-16)14(9-23-28)20(31)24-15-10-29(26-17(15)18(21)22)13-5-3-12(11-30)4-6-13/h7-13,18H,3-6H2,1-2H3,(H,24,31). The predicted octanol–water partition coefficient (Wildman–Crippen LogP) is 3.11. The molecule has 0 saturated heterocycles. The van der Waals surface area contributed by atoms with E-state index in [1.807, 2.05) is 14.1 Å². The van der Waals surface area contributed by atoms with Gasteiger partial charge in [0.25, 0.3) is 12.3 Å². The van der Waals surface area contributed by atoms with Crippen molar-refractivity contribution in [3.63, 3.8) is 0 Å². The van der Waals surface area contributed by atoms with Crippen molar-refractivity contribution in [2.45, 2.75) is 38.2 Å². The van der Waals surface area contributed by atoms with Crippen molar-refractivity contribution in [2.24, 2.45) is 5.92 Å². The molecule has 3 heterocycles. The summed E-state index contributed by atoms with van der Waals surface area (Å²) in [4.78, 5) is 30.0. The van der Waals surface area contributed by atoms with E-state index < -0.39 is 18.0 Å². The second-order valence-electron chi connectivity index (χ2n) is 7.87. The zero-order valence-corrected chi connectivity index (χ0v) is 17.2. The number of nitrogens with zero attached hydrogens (tertiary/aromatic N) is 6. The Balaban J connectivity index is 1.59. The molecule has 3 aromatic heterocycles. The lowest BCUT2D eigenvalue weighted by molar-refractivity contribution is -0.112. The Morgan fingerprint density at radius 3 is 2.68 bits per heavy atom. The van der Waals surface area contributed by atoms with Crippen molar-refractivity contribution >= 4 is 29.3 Å². The minimum Gasteiger partial charge on any atom is -0.363 e. The molecule has 11 heteroatoms. The van der Waals surface area contributed by atoms with Crippen LogP contribution in [0.3, 0.4) is 0 Å². The molecular formula is C20H23F2N7O2. The topological polar surface area (TPSA) is 97.4 Å². The number of hydrogen-bond acceptors (Lipinski definition) is 6. The fourth-order valence-corrected chi connectivity index (χ4v) is 3.81. The molecule has 0 atom stereocenters. The normalized spacial score (nSPS) is 19.0. The van der Waals surface area contributed by atoms with Gasteiger partial charge in [0.2, 0.25) is 0 Å². The zero-order chi connectivity index (χ0) is 22.1. The first-order valence-electron chi connectivity index (χ1n) is 10.0. The van der Waals surface area contributed by atoms with E-state index in [1.165, 1.54) is 21.6 Å². The summed E-state index contributed by atoms with van der Waals surface area (Å²) in [6.07, 6.45) is 5.31. The van der Waals surface area contributed by atoms with Crippen LogP contribution in [-0.4, -0.2) is 50.7 Å². The molecule has 0 spiro atoms. The number of carbonyl (C=O) groups is 2. The maximum Gasteiger partial charge on any atom is 0.284 e. The lowest BCUT2D eigenvalue weighted by Gasteiger charge is -2.25. The van der Waals surface area contributed by atoms with E-state index >= 15 is 0 Å². The average Bonchev–Trinajstić information content (AvgIpc) is 3.37. The van der Waals surface area contributed by atoms with Crippen molar-refractivity contribution in [3.8, 4) is 0 Å². The van der Waals surface area contributed by atoms with Crippen LogP contribution in [-0.2, 0) is 4.79 Å². The Labute approximate surface area is 177 Å². The number of aldehydes is 1. The molecule has 1 aliphatic carbocycles. The first-order valence-corrected chi connectivity index (χ1v) is 10.0. The van der Waals surface area contributed by atoms with Crippen LogP contribution in [0.4, 0.5) is 20.3 Å². The summed E-state index contributed by atoms with van der Waals surface area (Å²) < 4.78 is 30.1. The number of hydrogen-bond donors (Lipinski definition) is 1. The molecule has 0 bridgehead atoms. The van der Waals surface area contributed by atoms with Gasteiger partial charge in [0, 0.05) is 32.4 Å². The summed E-state index contributed by atoms with van der Waals surface area (Å²) >= 11 is 0. The van der Waals surface area contributed by atoms with Gasteiger partial charge in [0.15, 0.2) is 11.3 Å². The number of fused-ring (bicyclic) bond motifs is 1. The third kappa shape index (κ3) is 4.12. The fraction of sp³-hybridized carbons (Fsp3) is 0.450. The van der Waals surface area contributed by atoms with E-state index in [2.05, 4.69) is 20.5 Å². The average molecular weight is 431 g/mol. The second-order valence-corrected chi connectivity index (χ2v) is 7.87. The van der Waals surface area contributed by atoms with Crippen LogP contribution in [0.25, 0.3) is 5.65 Å². The molecule has 3 aromatic rings. The summed E-state index contributed by atoms with van der Waals surface area (Å²) in [5.41, 5.74) is -0.0325. The van der Waals surface area contributed by atoms with Crippen molar-refractivity contribution < 1.29 is 18.4 Å². The molecule has 4 rings (SSSR count). The number of aromatic nitrogens is 5. The van der Waals surface area contributed by atoms with E-state index in [-0.39, 0.29) is 23.2 Å². The van der Waals surface area contributed by atoms with Gasteiger partial charge in [-0.3, -0.25) is 9.48 Å². The molecule has 1 amide bonds. The van der Waals surface area contributed by atoms with Gasteiger partial charge in [-0.05, 0) is 31.7 Å². The number of rotatable bonds is 6. The van der Waals surface area contributed by atoms with Gasteiger partial charge >= 0.3 is 0 Å². The smallest absolute Gasteiger partial charge is 0.284 e. The number of anilines is 2. The molecule has 1 fully saturated rings. The molecule has 1 N–H and O–H groups in total. The van der Waals surface area contributed by atoms with Gasteiger partial charge in [-0.15, -0.1) is 0 Å². The predicted molar refractivity (Wildman–Crippen MR) is 110 cm³/mol. The number of amides is 1. The number of carbonyl (C=O) groups excluding carboxylic acids is 2. The Bertz CT molecular complexity index is 1100. The molecule has 164 valence electrons. The third-order valence-electron chi connectivity index (χ3n) is 5.58. The van der Waals surface area contributed by atoms with Gasteiger partial charge in [0.05, 0.1) is 17.9 Å². The van der Waals surface area contributed by atoms with Crippen LogP contribution in [0.2, 0.25) is 0 Å². The number of nitrogens with one attached hydrogen (secondary N) is 1. The minimum atomic E-state index is -2.84. The van der Waals surface area contributed by atoms with Gasteiger partial charge in [0.1, 0.15) is 17.7 Å². The lowest BCUT2D eigenvalue weighted by atomic mass is 9.87. The molecule has 0 unspecified atom stereocenters. The van der Waals surface area contributed by atoms with E-state index in [9.17, 15) is 18.4 Å². The van der Waals surface area contributed by atoms with Crippen LogP contribution in [0, 0.1) is 5.92 Å². The number of alkyl halides is 2. The van der Waals surface area contributed by atoms with Gasteiger partial charge in [-0.25, -0.2) is 18.3 Å². The molecule has 0 aliphatic heterocycles. The molecular weight excluding hydrogens is 408 g/mol. The van der Waals surface area contributed by atoms with E-state index in [0.717, 1.165) is 6.29 Å². The van der Waals surface area contributed by atoms with Crippen molar-refractivity contribution in [2.75, 3.05) is 24.3 Å². The van der Waals surface area contributed by atoms with Crippen molar-refractivity contribution in [1.82, 2.24) is 24.4 Å². The first-order chi connectivity index (χ1) is 14.9. The van der Waals surface area contributed by atoms with Crippen LogP contribution >= 0.6 is 0 Å². The summed E-state index contributed by atoms with van der Waals surface area (Å²) in [5.74, 6) is 0.0503. The lowest BCUT2D eigenvalue weighted by Crippen LogP contribution is -2.19.